The van der Waals surface area contributed by atoms with Gasteiger partial charge in [-0.25, -0.2) is 4.39 Å². The molecular formula is C13H17FN2O2S. The molecule has 2 N–H and O–H groups in total. The van der Waals surface area contributed by atoms with Gasteiger partial charge in [-0.1, -0.05) is 0 Å². The minimum absolute atomic E-state index is 0.0237. The molecule has 6 heteroatoms. The van der Waals surface area contributed by atoms with Crippen LogP contribution in [0.5, 0.6) is 0 Å². The van der Waals surface area contributed by atoms with Crippen LogP contribution in [0.25, 0.3) is 0 Å². The third-order valence-electron chi connectivity index (χ3n) is 3.19. The molecule has 1 fully saturated rings. The zero-order chi connectivity index (χ0) is 13.8. The largest absolute Gasteiger partial charge is 0.378 e. The highest BCUT2D eigenvalue weighted by Crippen LogP contribution is 2.20. The number of nitrogens with one attached hydrogen (secondary N) is 2. The molecule has 2 atom stereocenters. The van der Waals surface area contributed by atoms with Crippen molar-refractivity contribution in [1.82, 2.24) is 10.6 Å². The summed E-state index contributed by atoms with van der Waals surface area (Å²) in [6.45, 7) is 1.40. The number of ether oxygens (including phenoxy) is 1. The van der Waals surface area contributed by atoms with Crippen molar-refractivity contribution in [1.29, 1.82) is 0 Å². The number of hydrogen-bond acceptors (Lipinski definition) is 4. The van der Waals surface area contributed by atoms with Gasteiger partial charge in [-0.3, -0.25) is 4.79 Å². The van der Waals surface area contributed by atoms with Crippen LogP contribution in [0.2, 0.25) is 0 Å². The summed E-state index contributed by atoms with van der Waals surface area (Å²) in [7, 11) is 1.63. The monoisotopic (exact) mass is 284 g/mol. The summed E-state index contributed by atoms with van der Waals surface area (Å²) in [6.07, 6.45) is 1.76. The predicted molar refractivity (Wildman–Crippen MR) is 73.1 cm³/mol. The number of benzene rings is 1. The molecule has 4 nitrogen and oxygen atoms in total. The normalized spacial score (nSPS) is 22.5. The molecule has 0 aromatic heterocycles. The van der Waals surface area contributed by atoms with Crippen molar-refractivity contribution in [3.8, 4) is 0 Å². The number of hydrogen-bond donors (Lipinski definition) is 2. The summed E-state index contributed by atoms with van der Waals surface area (Å²) in [5.41, 5.74) is 0.465. The van der Waals surface area contributed by atoms with Gasteiger partial charge in [-0.05, 0) is 24.5 Å². The molecule has 1 aromatic carbocycles. The van der Waals surface area contributed by atoms with Gasteiger partial charge >= 0.3 is 0 Å². The summed E-state index contributed by atoms with van der Waals surface area (Å²) in [4.78, 5) is 12.6. The summed E-state index contributed by atoms with van der Waals surface area (Å²) < 4.78 is 18.7. The lowest BCUT2D eigenvalue weighted by atomic mass is 10.1. The van der Waals surface area contributed by atoms with E-state index in [1.165, 1.54) is 23.9 Å². The van der Waals surface area contributed by atoms with Crippen molar-refractivity contribution in [3.63, 3.8) is 0 Å². The number of thioether (sulfide) groups is 1. The van der Waals surface area contributed by atoms with Crippen LogP contribution in [0.1, 0.15) is 10.4 Å². The molecule has 104 valence electrons. The maximum Gasteiger partial charge on any atom is 0.251 e. The molecule has 0 saturated carbocycles. The molecule has 0 aliphatic carbocycles. The van der Waals surface area contributed by atoms with Crippen molar-refractivity contribution in [2.45, 2.75) is 17.0 Å². The van der Waals surface area contributed by atoms with Crippen LogP contribution in [-0.2, 0) is 4.74 Å². The fraction of sp³-hybridized carbons (Fsp3) is 0.462. The topological polar surface area (TPSA) is 50.4 Å². The van der Waals surface area contributed by atoms with Gasteiger partial charge < -0.3 is 15.4 Å². The minimum Gasteiger partial charge on any atom is -0.378 e. The zero-order valence-corrected chi connectivity index (χ0v) is 11.7. The number of rotatable bonds is 4. The summed E-state index contributed by atoms with van der Waals surface area (Å²) >= 11 is 1.28. The van der Waals surface area contributed by atoms with Crippen LogP contribution in [0.4, 0.5) is 4.39 Å². The Morgan fingerprint density at radius 1 is 1.53 bits per heavy atom. The Morgan fingerprint density at radius 3 is 3.00 bits per heavy atom. The quantitative estimate of drug-likeness (QED) is 0.818. The molecule has 0 bridgehead atoms. The molecule has 1 saturated heterocycles. The highest BCUT2D eigenvalue weighted by molar-refractivity contribution is 7.98. The first-order valence-electron chi connectivity index (χ1n) is 6.03. The van der Waals surface area contributed by atoms with E-state index in [0.717, 1.165) is 6.54 Å². The SMILES string of the molecule is CO[C@H]1CNCC1NC(=O)c1ccc(F)c(SC)c1. The Hall–Kier alpha value is -1.11. The molecule has 19 heavy (non-hydrogen) atoms. The van der Waals surface area contributed by atoms with Crippen LogP contribution in [0.3, 0.4) is 0 Å². The van der Waals surface area contributed by atoms with Crippen LogP contribution < -0.4 is 10.6 Å². The second kappa shape index (κ2) is 6.36. The van der Waals surface area contributed by atoms with Crippen LogP contribution >= 0.6 is 11.8 Å². The van der Waals surface area contributed by atoms with Gasteiger partial charge in [-0.2, -0.15) is 0 Å². The van der Waals surface area contributed by atoms with Gasteiger partial charge in [0.25, 0.3) is 5.91 Å². The number of methoxy groups -OCH3 is 1. The van der Waals surface area contributed by atoms with Crippen LogP contribution in [0.15, 0.2) is 23.1 Å². The highest BCUT2D eigenvalue weighted by Gasteiger charge is 2.28. The molecule has 1 unspecified atom stereocenters. The maximum atomic E-state index is 13.4. The van der Waals surface area contributed by atoms with Gasteiger partial charge in [0.1, 0.15) is 5.82 Å². The average Bonchev–Trinajstić information content (AvgIpc) is 2.86. The van der Waals surface area contributed by atoms with Crippen LogP contribution in [-0.4, -0.2) is 44.5 Å². The number of halogens is 1. The van der Waals surface area contributed by atoms with E-state index in [4.69, 9.17) is 4.74 Å². The van der Waals surface area contributed by atoms with Crippen molar-refractivity contribution < 1.29 is 13.9 Å². The van der Waals surface area contributed by atoms with E-state index in [9.17, 15) is 9.18 Å². The standard InChI is InChI=1S/C13H17FN2O2S/c1-18-11-7-15-6-10(11)16-13(17)8-3-4-9(14)12(5-8)19-2/h3-5,10-11,15H,6-7H2,1-2H3,(H,16,17)/t10?,11-/m0/s1. The van der Waals surface area contributed by atoms with E-state index < -0.39 is 0 Å². The molecule has 1 aliphatic rings. The third kappa shape index (κ3) is 3.26. The lowest BCUT2D eigenvalue weighted by Gasteiger charge is -2.18. The van der Waals surface area contributed by atoms with E-state index in [0.29, 0.717) is 17.0 Å². The summed E-state index contributed by atoms with van der Waals surface area (Å²) in [5, 5.41) is 6.07. The second-order valence-electron chi connectivity index (χ2n) is 4.36. The predicted octanol–water partition coefficient (Wildman–Crippen LogP) is 1.26. The van der Waals surface area contributed by atoms with Crippen molar-refractivity contribution in [2.75, 3.05) is 26.5 Å². The Kier molecular flexibility index (Phi) is 4.79. The second-order valence-corrected chi connectivity index (χ2v) is 5.21. The Labute approximate surface area is 116 Å². The van der Waals surface area contributed by atoms with Gasteiger partial charge in [0, 0.05) is 30.7 Å². The molecular weight excluding hydrogens is 267 g/mol. The first-order valence-corrected chi connectivity index (χ1v) is 7.26. The van der Waals surface area contributed by atoms with Gasteiger partial charge in [0.2, 0.25) is 0 Å². The fourth-order valence-electron chi connectivity index (χ4n) is 2.10. The first-order chi connectivity index (χ1) is 9.15. The van der Waals surface area contributed by atoms with E-state index in [1.807, 2.05) is 0 Å². The number of carbonyl (C=O) groups is 1. The summed E-state index contributed by atoms with van der Waals surface area (Å²) in [5.74, 6) is -0.507. The van der Waals surface area contributed by atoms with E-state index in [1.54, 1.807) is 19.4 Å². The Bertz CT molecular complexity index is 470. The highest BCUT2D eigenvalue weighted by atomic mass is 32.2. The number of amides is 1. The molecule has 1 aliphatic heterocycles. The lowest BCUT2D eigenvalue weighted by Crippen LogP contribution is -2.43. The molecule has 0 radical (unpaired) electrons. The van der Waals surface area contributed by atoms with Gasteiger partial charge in [-0.15, -0.1) is 11.8 Å². The van der Waals surface area contributed by atoms with Gasteiger partial charge in [0.05, 0.1) is 12.1 Å². The smallest absolute Gasteiger partial charge is 0.251 e. The lowest BCUT2D eigenvalue weighted by molar-refractivity contribution is 0.0779. The molecule has 1 heterocycles. The molecule has 1 aromatic rings. The van der Waals surface area contributed by atoms with Crippen molar-refractivity contribution in [3.05, 3.63) is 29.6 Å². The van der Waals surface area contributed by atoms with E-state index in [-0.39, 0.29) is 23.9 Å². The molecule has 2 rings (SSSR count). The fourth-order valence-corrected chi connectivity index (χ4v) is 2.61. The van der Waals surface area contributed by atoms with Crippen molar-refractivity contribution >= 4 is 17.7 Å². The van der Waals surface area contributed by atoms with Crippen LogP contribution in [0, 0.1) is 5.82 Å². The summed E-state index contributed by atoms with van der Waals surface area (Å²) in [6, 6.07) is 4.33. The first kappa shape index (κ1) is 14.3. The number of carbonyl (C=O) groups excluding carboxylic acids is 1. The maximum absolute atomic E-state index is 13.4. The third-order valence-corrected chi connectivity index (χ3v) is 3.94. The van der Waals surface area contributed by atoms with Crippen molar-refractivity contribution in [2.24, 2.45) is 0 Å². The van der Waals surface area contributed by atoms with E-state index in [2.05, 4.69) is 10.6 Å². The minimum atomic E-state index is -0.304. The van der Waals surface area contributed by atoms with Gasteiger partial charge in [0.15, 0.2) is 0 Å². The Balaban J connectivity index is 2.07. The molecule has 0 spiro atoms. The van der Waals surface area contributed by atoms with E-state index >= 15 is 0 Å². The Morgan fingerprint density at radius 2 is 2.32 bits per heavy atom. The molecule has 1 amide bonds. The average molecular weight is 284 g/mol. The zero-order valence-electron chi connectivity index (χ0n) is 10.9.